The summed E-state index contributed by atoms with van der Waals surface area (Å²) in [4.78, 5) is 23.8. The highest BCUT2D eigenvalue weighted by atomic mass is 32.2. The number of rotatable bonds is 7. The summed E-state index contributed by atoms with van der Waals surface area (Å²) in [6.45, 7) is 3.65. The first-order chi connectivity index (χ1) is 13.3. The molecule has 0 saturated heterocycles. The molecule has 2 aromatic rings. The van der Waals surface area contributed by atoms with Gasteiger partial charge in [0, 0.05) is 11.6 Å². The average Bonchev–Trinajstić information content (AvgIpc) is 3.47. The summed E-state index contributed by atoms with van der Waals surface area (Å²) in [6.07, 6.45) is 1.96. The molecule has 3 rings (SSSR count). The van der Waals surface area contributed by atoms with E-state index in [0.717, 1.165) is 24.0 Å². The smallest absolute Gasteiger partial charge is 0.261 e. The highest BCUT2D eigenvalue weighted by Crippen LogP contribution is 2.22. The molecule has 0 radical (unpaired) electrons. The standard InChI is InChI=1S/C20H23N3O4S/c1-13-4-3-5-18(14(13)2)23-28(26,27)17-10-6-15(7-11-17)20(25)21-12-19(24)22-16-8-9-16/h3-7,10-11,16,23H,8-9,12H2,1-2H3,(H,21,25)(H,22,24). The van der Waals surface area contributed by atoms with Crippen molar-refractivity contribution < 1.29 is 18.0 Å². The van der Waals surface area contributed by atoms with Gasteiger partial charge in [-0.25, -0.2) is 8.42 Å². The Morgan fingerprint density at radius 2 is 1.71 bits per heavy atom. The van der Waals surface area contributed by atoms with Crippen molar-refractivity contribution in [2.45, 2.75) is 37.6 Å². The van der Waals surface area contributed by atoms with Crippen LogP contribution in [0.4, 0.5) is 5.69 Å². The third-order valence-corrected chi connectivity index (χ3v) is 6.01. The Labute approximate surface area is 164 Å². The van der Waals surface area contributed by atoms with Gasteiger partial charge >= 0.3 is 0 Å². The Balaban J connectivity index is 1.64. The van der Waals surface area contributed by atoms with E-state index in [1.54, 1.807) is 12.1 Å². The highest BCUT2D eigenvalue weighted by molar-refractivity contribution is 7.92. The lowest BCUT2D eigenvalue weighted by molar-refractivity contribution is -0.120. The van der Waals surface area contributed by atoms with E-state index >= 15 is 0 Å². The Morgan fingerprint density at radius 1 is 1.04 bits per heavy atom. The van der Waals surface area contributed by atoms with E-state index in [1.807, 2.05) is 19.9 Å². The number of amides is 2. The second-order valence-electron chi connectivity index (χ2n) is 6.90. The molecule has 0 spiro atoms. The topological polar surface area (TPSA) is 104 Å². The summed E-state index contributed by atoms with van der Waals surface area (Å²) in [5, 5.41) is 5.31. The maximum atomic E-state index is 12.6. The molecule has 8 heteroatoms. The molecule has 1 fully saturated rings. The molecule has 0 heterocycles. The Bertz CT molecular complexity index is 997. The van der Waals surface area contributed by atoms with Crippen molar-refractivity contribution in [2.75, 3.05) is 11.3 Å². The molecule has 7 nitrogen and oxygen atoms in total. The first kappa shape index (κ1) is 19.9. The first-order valence-corrected chi connectivity index (χ1v) is 10.5. The van der Waals surface area contributed by atoms with Gasteiger partial charge in [0.05, 0.1) is 17.1 Å². The molecule has 0 unspecified atom stereocenters. The van der Waals surface area contributed by atoms with E-state index < -0.39 is 15.9 Å². The average molecular weight is 401 g/mol. The summed E-state index contributed by atoms with van der Waals surface area (Å²) in [5.74, 6) is -0.662. The monoisotopic (exact) mass is 401 g/mol. The molecule has 0 aliphatic heterocycles. The Kier molecular flexibility index (Phi) is 5.69. The Morgan fingerprint density at radius 3 is 2.36 bits per heavy atom. The van der Waals surface area contributed by atoms with Crippen LogP contribution in [0, 0.1) is 13.8 Å². The summed E-state index contributed by atoms with van der Waals surface area (Å²) >= 11 is 0. The van der Waals surface area contributed by atoms with Gasteiger partial charge in [-0.15, -0.1) is 0 Å². The molecule has 28 heavy (non-hydrogen) atoms. The lowest BCUT2D eigenvalue weighted by Crippen LogP contribution is -2.37. The van der Waals surface area contributed by atoms with Crippen molar-refractivity contribution >= 4 is 27.5 Å². The van der Waals surface area contributed by atoms with E-state index in [0.29, 0.717) is 5.69 Å². The predicted octanol–water partition coefficient (Wildman–Crippen LogP) is 2.11. The van der Waals surface area contributed by atoms with Crippen LogP contribution in [0.2, 0.25) is 0 Å². The lowest BCUT2D eigenvalue weighted by atomic mass is 10.1. The minimum atomic E-state index is -3.77. The van der Waals surface area contributed by atoms with Crippen LogP contribution < -0.4 is 15.4 Å². The van der Waals surface area contributed by atoms with Crippen molar-refractivity contribution in [3.05, 3.63) is 59.2 Å². The van der Waals surface area contributed by atoms with Crippen molar-refractivity contribution in [3.63, 3.8) is 0 Å². The number of aryl methyl sites for hydroxylation is 1. The summed E-state index contributed by atoms with van der Waals surface area (Å²) < 4.78 is 27.8. The molecule has 2 amide bonds. The highest BCUT2D eigenvalue weighted by Gasteiger charge is 2.23. The third-order valence-electron chi connectivity index (χ3n) is 4.63. The zero-order valence-corrected chi connectivity index (χ0v) is 16.6. The molecule has 1 aliphatic carbocycles. The van der Waals surface area contributed by atoms with Crippen molar-refractivity contribution in [2.24, 2.45) is 0 Å². The third kappa shape index (κ3) is 4.89. The fraction of sp³-hybridized carbons (Fsp3) is 0.300. The van der Waals surface area contributed by atoms with Crippen LogP contribution in [-0.2, 0) is 14.8 Å². The van der Waals surface area contributed by atoms with Crippen LogP contribution in [0.5, 0.6) is 0 Å². The van der Waals surface area contributed by atoms with E-state index in [1.165, 1.54) is 24.3 Å². The number of hydrogen-bond acceptors (Lipinski definition) is 4. The number of anilines is 1. The van der Waals surface area contributed by atoms with Crippen molar-refractivity contribution in [1.82, 2.24) is 10.6 Å². The summed E-state index contributed by atoms with van der Waals surface area (Å²) in [7, 11) is -3.77. The van der Waals surface area contributed by atoms with Crippen molar-refractivity contribution in [3.8, 4) is 0 Å². The lowest BCUT2D eigenvalue weighted by Gasteiger charge is -2.12. The van der Waals surface area contributed by atoms with E-state index in [-0.39, 0.29) is 29.0 Å². The van der Waals surface area contributed by atoms with Gasteiger partial charge in [-0.3, -0.25) is 14.3 Å². The molecular formula is C20H23N3O4S. The molecule has 0 bridgehead atoms. The van der Waals surface area contributed by atoms with Gasteiger partial charge in [-0.2, -0.15) is 0 Å². The maximum absolute atomic E-state index is 12.6. The van der Waals surface area contributed by atoms with Gasteiger partial charge in [-0.05, 0) is 68.1 Å². The van der Waals surface area contributed by atoms with Crippen molar-refractivity contribution in [1.29, 1.82) is 0 Å². The minimum absolute atomic E-state index is 0.0523. The number of carbonyl (C=O) groups excluding carboxylic acids is 2. The number of benzene rings is 2. The van der Waals surface area contributed by atoms with Gasteiger partial charge in [0.25, 0.3) is 15.9 Å². The maximum Gasteiger partial charge on any atom is 0.261 e. The molecule has 0 atom stereocenters. The van der Waals surface area contributed by atoms with Crippen LogP contribution >= 0.6 is 0 Å². The number of hydrogen-bond donors (Lipinski definition) is 3. The fourth-order valence-corrected chi connectivity index (χ4v) is 3.74. The SMILES string of the molecule is Cc1cccc(NS(=O)(=O)c2ccc(C(=O)NCC(=O)NC3CC3)cc2)c1C. The van der Waals surface area contributed by atoms with E-state index in [9.17, 15) is 18.0 Å². The molecule has 1 aliphatic rings. The van der Waals surface area contributed by atoms with Gasteiger partial charge < -0.3 is 10.6 Å². The van der Waals surface area contributed by atoms with Crippen LogP contribution in [0.25, 0.3) is 0 Å². The van der Waals surface area contributed by atoms with Crippen LogP contribution in [0.1, 0.15) is 34.3 Å². The second-order valence-corrected chi connectivity index (χ2v) is 8.58. The molecule has 2 aromatic carbocycles. The second kappa shape index (κ2) is 8.02. The molecule has 148 valence electrons. The van der Waals surface area contributed by atoms with Gasteiger partial charge in [0.15, 0.2) is 0 Å². The number of nitrogens with one attached hydrogen (secondary N) is 3. The minimum Gasteiger partial charge on any atom is -0.352 e. The molecule has 3 N–H and O–H groups in total. The van der Waals surface area contributed by atoms with Crippen LogP contribution in [0.15, 0.2) is 47.4 Å². The van der Waals surface area contributed by atoms with Crippen LogP contribution in [-0.4, -0.2) is 32.8 Å². The fourth-order valence-electron chi connectivity index (χ4n) is 2.62. The normalized spacial score (nSPS) is 13.6. The predicted molar refractivity (Wildman–Crippen MR) is 107 cm³/mol. The van der Waals surface area contributed by atoms with Gasteiger partial charge in [0.2, 0.25) is 5.91 Å². The zero-order valence-electron chi connectivity index (χ0n) is 15.8. The molecule has 0 aromatic heterocycles. The largest absolute Gasteiger partial charge is 0.352 e. The number of carbonyl (C=O) groups is 2. The van der Waals surface area contributed by atoms with Gasteiger partial charge in [0.1, 0.15) is 0 Å². The zero-order chi connectivity index (χ0) is 20.3. The van der Waals surface area contributed by atoms with E-state index in [2.05, 4.69) is 15.4 Å². The summed E-state index contributed by atoms with van der Waals surface area (Å²) in [6, 6.07) is 11.2. The summed E-state index contributed by atoms with van der Waals surface area (Å²) in [5.41, 5.74) is 2.64. The van der Waals surface area contributed by atoms with Crippen LogP contribution in [0.3, 0.4) is 0 Å². The first-order valence-electron chi connectivity index (χ1n) is 9.03. The van der Waals surface area contributed by atoms with Gasteiger partial charge in [-0.1, -0.05) is 12.1 Å². The van der Waals surface area contributed by atoms with E-state index in [4.69, 9.17) is 0 Å². The molecule has 1 saturated carbocycles. The Hall–Kier alpha value is -2.87. The number of sulfonamides is 1. The molecular weight excluding hydrogens is 378 g/mol. The quantitative estimate of drug-likeness (QED) is 0.661.